The molecule has 8 nitrogen and oxygen atoms in total. The van der Waals surface area contributed by atoms with Gasteiger partial charge in [-0.1, -0.05) is 6.07 Å². The number of amides is 4. The first-order valence-electron chi connectivity index (χ1n) is 7.59. The van der Waals surface area contributed by atoms with E-state index < -0.39 is 30.4 Å². The van der Waals surface area contributed by atoms with Crippen LogP contribution in [-0.4, -0.2) is 51.8 Å². The molecule has 1 fully saturated rings. The SMILES string of the molecule is CCOC(=O)CN1C(=O)C(=O)N(Cc2nc3ccc(C)cc3s2)C1=O. The monoisotopic (exact) mass is 361 g/mol. The summed E-state index contributed by atoms with van der Waals surface area (Å²) in [5, 5.41) is 0.535. The number of esters is 1. The fourth-order valence-corrected chi connectivity index (χ4v) is 3.50. The first kappa shape index (κ1) is 17.0. The van der Waals surface area contributed by atoms with E-state index in [4.69, 9.17) is 4.74 Å². The summed E-state index contributed by atoms with van der Waals surface area (Å²) < 4.78 is 5.65. The summed E-state index contributed by atoms with van der Waals surface area (Å²) >= 11 is 1.35. The zero-order chi connectivity index (χ0) is 18.1. The Morgan fingerprint density at radius 3 is 2.64 bits per heavy atom. The summed E-state index contributed by atoms with van der Waals surface area (Å²) in [4.78, 5) is 53.6. The van der Waals surface area contributed by atoms with Gasteiger partial charge in [-0.2, -0.15) is 0 Å². The fraction of sp³-hybridized carbons (Fsp3) is 0.312. The van der Waals surface area contributed by atoms with Crippen LogP contribution < -0.4 is 0 Å². The van der Waals surface area contributed by atoms with E-state index in [0.29, 0.717) is 9.91 Å². The average molecular weight is 361 g/mol. The molecule has 0 spiro atoms. The van der Waals surface area contributed by atoms with E-state index in [1.807, 2.05) is 25.1 Å². The predicted octanol–water partition coefficient (Wildman–Crippen LogP) is 1.46. The van der Waals surface area contributed by atoms with Crippen molar-refractivity contribution in [2.24, 2.45) is 0 Å². The van der Waals surface area contributed by atoms with Crippen LogP contribution in [-0.2, 0) is 25.7 Å². The van der Waals surface area contributed by atoms with Crippen LogP contribution in [0.1, 0.15) is 17.5 Å². The summed E-state index contributed by atoms with van der Waals surface area (Å²) in [5.74, 6) is -2.74. The lowest BCUT2D eigenvalue weighted by Gasteiger charge is -2.13. The summed E-state index contributed by atoms with van der Waals surface area (Å²) in [5.41, 5.74) is 1.84. The number of nitrogens with zero attached hydrogens (tertiary/aromatic N) is 3. The van der Waals surface area contributed by atoms with Crippen LogP contribution in [0, 0.1) is 6.92 Å². The molecule has 1 aromatic carbocycles. The van der Waals surface area contributed by atoms with E-state index in [2.05, 4.69) is 4.98 Å². The third-order valence-electron chi connectivity index (χ3n) is 3.61. The van der Waals surface area contributed by atoms with E-state index in [-0.39, 0.29) is 13.2 Å². The molecule has 9 heteroatoms. The van der Waals surface area contributed by atoms with Gasteiger partial charge in [0, 0.05) is 0 Å². The van der Waals surface area contributed by atoms with Crippen molar-refractivity contribution in [3.63, 3.8) is 0 Å². The molecule has 1 aliphatic rings. The Morgan fingerprint density at radius 2 is 1.92 bits per heavy atom. The Kier molecular flexibility index (Phi) is 4.49. The second-order valence-corrected chi connectivity index (χ2v) is 6.56. The minimum absolute atomic E-state index is 0.110. The van der Waals surface area contributed by atoms with Crippen molar-refractivity contribution in [2.45, 2.75) is 20.4 Å². The maximum Gasteiger partial charge on any atom is 0.335 e. The van der Waals surface area contributed by atoms with E-state index in [0.717, 1.165) is 20.7 Å². The standard InChI is InChI=1S/C16H15N3O5S/c1-3-24-13(20)8-19-15(22)14(21)18(16(19)23)7-12-17-10-5-4-9(2)6-11(10)25-12/h4-6H,3,7-8H2,1-2H3. The van der Waals surface area contributed by atoms with E-state index in [1.54, 1.807) is 6.92 Å². The van der Waals surface area contributed by atoms with Crippen molar-refractivity contribution < 1.29 is 23.9 Å². The summed E-state index contributed by atoms with van der Waals surface area (Å²) in [6.07, 6.45) is 0. The number of hydrogen-bond acceptors (Lipinski definition) is 7. The van der Waals surface area contributed by atoms with Gasteiger partial charge < -0.3 is 4.74 Å². The molecule has 25 heavy (non-hydrogen) atoms. The lowest BCUT2D eigenvalue weighted by molar-refractivity contribution is -0.148. The number of carbonyl (C=O) groups excluding carboxylic acids is 4. The van der Waals surface area contributed by atoms with Gasteiger partial charge in [0.15, 0.2) is 0 Å². The number of thiazole rings is 1. The lowest BCUT2D eigenvalue weighted by atomic mass is 10.2. The molecule has 0 radical (unpaired) electrons. The summed E-state index contributed by atoms with van der Waals surface area (Å²) in [6, 6.07) is 4.90. The van der Waals surface area contributed by atoms with Crippen LogP contribution in [0.5, 0.6) is 0 Å². The Morgan fingerprint density at radius 1 is 1.20 bits per heavy atom. The molecule has 1 aliphatic heterocycles. The number of urea groups is 1. The zero-order valence-corrected chi connectivity index (χ0v) is 14.5. The molecule has 0 N–H and O–H groups in total. The molecule has 0 saturated carbocycles. The van der Waals surface area contributed by atoms with Crippen molar-refractivity contribution in [2.75, 3.05) is 13.2 Å². The number of hydrogen-bond donors (Lipinski definition) is 0. The molecule has 2 heterocycles. The van der Waals surface area contributed by atoms with Crippen molar-refractivity contribution >= 4 is 45.4 Å². The Labute approximate surface area is 147 Å². The van der Waals surface area contributed by atoms with Crippen molar-refractivity contribution in [1.82, 2.24) is 14.8 Å². The first-order valence-corrected chi connectivity index (χ1v) is 8.41. The van der Waals surface area contributed by atoms with Gasteiger partial charge in [0.2, 0.25) is 0 Å². The normalized spacial score (nSPS) is 14.7. The second-order valence-electron chi connectivity index (χ2n) is 5.45. The van der Waals surface area contributed by atoms with Crippen molar-refractivity contribution in [1.29, 1.82) is 0 Å². The maximum absolute atomic E-state index is 12.3. The highest BCUT2D eigenvalue weighted by Crippen LogP contribution is 2.25. The lowest BCUT2D eigenvalue weighted by Crippen LogP contribution is -2.37. The Bertz CT molecular complexity index is 891. The van der Waals surface area contributed by atoms with Gasteiger partial charge in [-0.15, -0.1) is 11.3 Å². The van der Waals surface area contributed by atoms with Crippen LogP contribution in [0.25, 0.3) is 10.2 Å². The number of ether oxygens (including phenoxy) is 1. The van der Waals surface area contributed by atoms with Crippen LogP contribution in [0.3, 0.4) is 0 Å². The number of benzene rings is 1. The topological polar surface area (TPSA) is 96.9 Å². The smallest absolute Gasteiger partial charge is 0.335 e. The Balaban J connectivity index is 1.79. The molecule has 0 unspecified atom stereocenters. The maximum atomic E-state index is 12.3. The molecule has 1 saturated heterocycles. The molecular formula is C16H15N3O5S. The summed E-state index contributed by atoms with van der Waals surface area (Å²) in [6.45, 7) is 3.00. The van der Waals surface area contributed by atoms with Crippen LogP contribution >= 0.6 is 11.3 Å². The molecule has 0 aliphatic carbocycles. The number of carbonyl (C=O) groups is 4. The van der Waals surface area contributed by atoms with E-state index in [9.17, 15) is 19.2 Å². The molecule has 0 bridgehead atoms. The van der Waals surface area contributed by atoms with Crippen LogP contribution in [0.4, 0.5) is 4.79 Å². The largest absolute Gasteiger partial charge is 0.465 e. The Hall–Kier alpha value is -2.81. The van der Waals surface area contributed by atoms with Gasteiger partial charge >= 0.3 is 23.8 Å². The van der Waals surface area contributed by atoms with Gasteiger partial charge in [0.05, 0.1) is 23.4 Å². The van der Waals surface area contributed by atoms with Gasteiger partial charge in [0.25, 0.3) is 0 Å². The number of imide groups is 2. The highest BCUT2D eigenvalue weighted by atomic mass is 32.1. The average Bonchev–Trinajstić information content (AvgIpc) is 3.04. The number of aryl methyl sites for hydroxylation is 1. The molecule has 2 aromatic rings. The molecule has 130 valence electrons. The zero-order valence-electron chi connectivity index (χ0n) is 13.6. The first-order chi connectivity index (χ1) is 11.9. The third kappa shape index (κ3) is 3.22. The summed E-state index contributed by atoms with van der Waals surface area (Å²) in [7, 11) is 0. The van der Waals surface area contributed by atoms with Crippen LogP contribution in [0.15, 0.2) is 18.2 Å². The fourth-order valence-electron chi connectivity index (χ4n) is 2.45. The number of fused-ring (bicyclic) bond motifs is 1. The second kappa shape index (κ2) is 6.60. The van der Waals surface area contributed by atoms with E-state index >= 15 is 0 Å². The minimum atomic E-state index is -1.03. The molecule has 3 rings (SSSR count). The predicted molar refractivity (Wildman–Crippen MR) is 88.6 cm³/mol. The van der Waals surface area contributed by atoms with Gasteiger partial charge in [0.1, 0.15) is 11.6 Å². The minimum Gasteiger partial charge on any atom is -0.465 e. The van der Waals surface area contributed by atoms with Gasteiger partial charge in [-0.25, -0.2) is 19.6 Å². The van der Waals surface area contributed by atoms with Crippen LogP contribution in [0.2, 0.25) is 0 Å². The number of aromatic nitrogens is 1. The molecule has 0 atom stereocenters. The molecule has 1 aromatic heterocycles. The quantitative estimate of drug-likeness (QED) is 0.454. The third-order valence-corrected chi connectivity index (χ3v) is 4.61. The van der Waals surface area contributed by atoms with Crippen molar-refractivity contribution in [3.05, 3.63) is 28.8 Å². The van der Waals surface area contributed by atoms with Gasteiger partial charge in [-0.3, -0.25) is 14.4 Å². The number of rotatable bonds is 5. The molecular weight excluding hydrogens is 346 g/mol. The van der Waals surface area contributed by atoms with E-state index in [1.165, 1.54) is 11.3 Å². The van der Waals surface area contributed by atoms with Crippen molar-refractivity contribution in [3.8, 4) is 0 Å². The van der Waals surface area contributed by atoms with Gasteiger partial charge in [-0.05, 0) is 31.5 Å². The highest BCUT2D eigenvalue weighted by molar-refractivity contribution is 7.18. The molecule has 4 amide bonds. The highest BCUT2D eigenvalue weighted by Gasteiger charge is 2.45.